The number of anilines is 1. The van der Waals surface area contributed by atoms with Gasteiger partial charge < -0.3 is 9.64 Å². The van der Waals surface area contributed by atoms with Crippen molar-refractivity contribution in [1.82, 2.24) is 20.2 Å². The third-order valence-electron chi connectivity index (χ3n) is 4.82. The van der Waals surface area contributed by atoms with Crippen molar-refractivity contribution in [2.45, 2.75) is 33.3 Å². The fourth-order valence-corrected chi connectivity index (χ4v) is 3.60. The van der Waals surface area contributed by atoms with Gasteiger partial charge in [0, 0.05) is 17.6 Å². The molecule has 0 aliphatic carbocycles. The molecule has 25 heavy (non-hydrogen) atoms. The van der Waals surface area contributed by atoms with Crippen molar-refractivity contribution in [3.8, 4) is 0 Å². The molecule has 0 bridgehead atoms. The lowest BCUT2D eigenvalue weighted by atomic mass is 10.0. The third-order valence-corrected chi connectivity index (χ3v) is 4.82. The average molecular weight is 337 g/mol. The van der Waals surface area contributed by atoms with Gasteiger partial charge >= 0.3 is 0 Å². The largest absolute Gasteiger partial charge is 0.366 e. The van der Waals surface area contributed by atoms with Crippen LogP contribution < -0.4 is 4.90 Å². The Morgan fingerprint density at radius 1 is 1.24 bits per heavy atom. The molecule has 1 aliphatic rings. The Kier molecular flexibility index (Phi) is 4.13. The standard InChI is InChI=1S/C19H23N5O/c1-4-15-12(2)18(14-7-5-6-8-16(14)21-15)24-9-10-25-17(11-24)19-20-13(3)22-23-19/h5-8,17H,4,9-11H2,1-3H3,(H,20,22,23)/t17-/m0/s1. The molecule has 0 spiro atoms. The van der Waals surface area contributed by atoms with Gasteiger partial charge in [-0.25, -0.2) is 4.98 Å². The zero-order valence-electron chi connectivity index (χ0n) is 14.9. The van der Waals surface area contributed by atoms with Crippen LogP contribution in [0.2, 0.25) is 0 Å². The number of benzene rings is 1. The maximum atomic E-state index is 5.94. The highest BCUT2D eigenvalue weighted by Crippen LogP contribution is 2.34. The summed E-state index contributed by atoms with van der Waals surface area (Å²) in [6.45, 7) is 8.51. The van der Waals surface area contributed by atoms with E-state index in [1.807, 2.05) is 13.0 Å². The number of morpholine rings is 1. The van der Waals surface area contributed by atoms with Crippen LogP contribution in [0.15, 0.2) is 24.3 Å². The first-order valence-electron chi connectivity index (χ1n) is 8.81. The van der Waals surface area contributed by atoms with Crippen molar-refractivity contribution in [3.63, 3.8) is 0 Å². The van der Waals surface area contributed by atoms with Crippen LogP contribution in [0.25, 0.3) is 10.9 Å². The molecule has 0 amide bonds. The van der Waals surface area contributed by atoms with E-state index in [1.165, 1.54) is 16.6 Å². The average Bonchev–Trinajstić information content (AvgIpc) is 3.08. The van der Waals surface area contributed by atoms with Crippen LogP contribution in [-0.4, -0.2) is 39.9 Å². The number of para-hydroxylation sites is 1. The fourth-order valence-electron chi connectivity index (χ4n) is 3.60. The van der Waals surface area contributed by atoms with Crippen molar-refractivity contribution in [1.29, 1.82) is 0 Å². The molecule has 6 heteroatoms. The van der Waals surface area contributed by atoms with Gasteiger partial charge in [-0.05, 0) is 31.9 Å². The van der Waals surface area contributed by atoms with Gasteiger partial charge in [0.2, 0.25) is 0 Å². The van der Waals surface area contributed by atoms with Gasteiger partial charge in [0.1, 0.15) is 11.9 Å². The normalized spacial score (nSPS) is 18.0. The van der Waals surface area contributed by atoms with E-state index in [1.54, 1.807) is 0 Å². The Labute approximate surface area is 147 Å². The van der Waals surface area contributed by atoms with Crippen LogP contribution >= 0.6 is 0 Å². The van der Waals surface area contributed by atoms with Crippen molar-refractivity contribution in [2.24, 2.45) is 0 Å². The lowest BCUT2D eigenvalue weighted by Crippen LogP contribution is -2.39. The van der Waals surface area contributed by atoms with Gasteiger partial charge in [-0.2, -0.15) is 5.10 Å². The minimum absolute atomic E-state index is 0.116. The number of nitrogens with one attached hydrogen (secondary N) is 1. The number of hydrogen-bond donors (Lipinski definition) is 1. The summed E-state index contributed by atoms with van der Waals surface area (Å²) in [6, 6.07) is 8.38. The van der Waals surface area contributed by atoms with Gasteiger partial charge in [0.25, 0.3) is 0 Å². The molecule has 1 aliphatic heterocycles. The summed E-state index contributed by atoms with van der Waals surface area (Å²) in [4.78, 5) is 11.7. The van der Waals surface area contributed by atoms with E-state index in [0.717, 1.165) is 42.4 Å². The maximum Gasteiger partial charge on any atom is 0.181 e. The number of ether oxygens (including phenoxy) is 1. The van der Waals surface area contributed by atoms with Gasteiger partial charge in [-0.3, -0.25) is 10.1 Å². The Morgan fingerprint density at radius 3 is 2.84 bits per heavy atom. The Morgan fingerprint density at radius 2 is 2.08 bits per heavy atom. The summed E-state index contributed by atoms with van der Waals surface area (Å²) in [5, 5.41) is 8.39. The van der Waals surface area contributed by atoms with Crippen LogP contribution in [0.3, 0.4) is 0 Å². The molecule has 3 aromatic rings. The second-order valence-corrected chi connectivity index (χ2v) is 6.49. The van der Waals surface area contributed by atoms with Gasteiger partial charge in [0.15, 0.2) is 5.82 Å². The first-order valence-corrected chi connectivity index (χ1v) is 8.81. The summed E-state index contributed by atoms with van der Waals surface area (Å²) in [5.74, 6) is 1.54. The van der Waals surface area contributed by atoms with Crippen molar-refractivity contribution < 1.29 is 4.74 Å². The summed E-state index contributed by atoms with van der Waals surface area (Å²) in [6.07, 6.45) is 0.812. The van der Waals surface area contributed by atoms with E-state index in [4.69, 9.17) is 9.72 Å². The molecule has 1 atom stereocenters. The first kappa shape index (κ1) is 16.0. The molecule has 0 unspecified atom stereocenters. The smallest absolute Gasteiger partial charge is 0.181 e. The molecule has 1 aromatic carbocycles. The van der Waals surface area contributed by atoms with Crippen molar-refractivity contribution in [2.75, 3.05) is 24.6 Å². The number of hydrogen-bond acceptors (Lipinski definition) is 5. The van der Waals surface area contributed by atoms with Gasteiger partial charge in [-0.1, -0.05) is 25.1 Å². The zero-order chi connectivity index (χ0) is 17.4. The lowest BCUT2D eigenvalue weighted by molar-refractivity contribution is 0.0343. The van der Waals surface area contributed by atoms with E-state index in [9.17, 15) is 0 Å². The number of H-pyrrole nitrogens is 1. The Balaban J connectivity index is 1.76. The molecule has 2 aromatic heterocycles. The van der Waals surface area contributed by atoms with Crippen molar-refractivity contribution >= 4 is 16.6 Å². The third kappa shape index (κ3) is 2.87. The van der Waals surface area contributed by atoms with Crippen LogP contribution in [-0.2, 0) is 11.2 Å². The number of pyridine rings is 1. The SMILES string of the molecule is CCc1nc2ccccc2c(N2CCO[C@H](c3n[nH]c(C)n3)C2)c1C. The summed E-state index contributed by atoms with van der Waals surface area (Å²) in [5.41, 5.74) is 4.73. The first-order chi connectivity index (χ1) is 12.2. The van der Waals surface area contributed by atoms with Gasteiger partial charge in [0.05, 0.1) is 24.4 Å². The number of aromatic nitrogens is 4. The number of rotatable bonds is 3. The predicted octanol–water partition coefficient (Wildman–Crippen LogP) is 3.11. The molecule has 6 nitrogen and oxygen atoms in total. The predicted molar refractivity (Wildman–Crippen MR) is 97.9 cm³/mol. The van der Waals surface area contributed by atoms with Crippen LogP contribution in [0.4, 0.5) is 5.69 Å². The van der Waals surface area contributed by atoms with Gasteiger partial charge in [-0.15, -0.1) is 0 Å². The number of fused-ring (bicyclic) bond motifs is 1. The van der Waals surface area contributed by atoms with Crippen molar-refractivity contribution in [3.05, 3.63) is 47.2 Å². The molecule has 4 rings (SSSR count). The summed E-state index contributed by atoms with van der Waals surface area (Å²) < 4.78 is 5.94. The van der Waals surface area contributed by atoms with Crippen LogP contribution in [0.5, 0.6) is 0 Å². The van der Waals surface area contributed by atoms with E-state index < -0.39 is 0 Å². The molecule has 3 heterocycles. The second kappa shape index (κ2) is 6.44. The van der Waals surface area contributed by atoms with Crippen LogP contribution in [0, 0.1) is 13.8 Å². The number of aryl methyl sites for hydroxylation is 2. The van der Waals surface area contributed by atoms with E-state index in [2.05, 4.69) is 52.1 Å². The molecular formula is C19H23N5O. The summed E-state index contributed by atoms with van der Waals surface area (Å²) in [7, 11) is 0. The number of nitrogens with zero attached hydrogens (tertiary/aromatic N) is 4. The minimum atomic E-state index is -0.116. The zero-order valence-corrected chi connectivity index (χ0v) is 14.9. The molecule has 130 valence electrons. The molecule has 1 saturated heterocycles. The molecular weight excluding hydrogens is 314 g/mol. The molecule has 1 fully saturated rings. The quantitative estimate of drug-likeness (QED) is 0.795. The highest BCUT2D eigenvalue weighted by atomic mass is 16.5. The Bertz CT molecular complexity index is 904. The summed E-state index contributed by atoms with van der Waals surface area (Å²) >= 11 is 0. The highest BCUT2D eigenvalue weighted by molar-refractivity contribution is 5.94. The minimum Gasteiger partial charge on any atom is -0.366 e. The molecule has 1 N–H and O–H groups in total. The lowest BCUT2D eigenvalue weighted by Gasteiger charge is -2.35. The molecule has 0 radical (unpaired) electrons. The van der Waals surface area contributed by atoms with E-state index in [-0.39, 0.29) is 6.10 Å². The van der Waals surface area contributed by atoms with E-state index in [0.29, 0.717) is 6.61 Å². The second-order valence-electron chi connectivity index (χ2n) is 6.49. The monoisotopic (exact) mass is 337 g/mol. The molecule has 0 saturated carbocycles. The van der Waals surface area contributed by atoms with Crippen LogP contribution in [0.1, 0.15) is 35.9 Å². The maximum absolute atomic E-state index is 5.94. The Hall–Kier alpha value is -2.47. The fraction of sp³-hybridized carbons (Fsp3) is 0.421. The highest BCUT2D eigenvalue weighted by Gasteiger charge is 2.27. The van der Waals surface area contributed by atoms with E-state index >= 15 is 0 Å². The number of aromatic amines is 1. The topological polar surface area (TPSA) is 66.9 Å².